The van der Waals surface area contributed by atoms with E-state index in [9.17, 15) is 4.79 Å². The first-order valence-corrected chi connectivity index (χ1v) is 5.34. The van der Waals surface area contributed by atoms with Crippen molar-refractivity contribution in [2.45, 2.75) is 6.92 Å². The van der Waals surface area contributed by atoms with Crippen LogP contribution in [0.2, 0.25) is 0 Å². The average molecular weight is 230 g/mol. The van der Waals surface area contributed by atoms with Crippen LogP contribution in [0.15, 0.2) is 36.5 Å². The number of para-hydroxylation sites is 1. The van der Waals surface area contributed by atoms with Crippen molar-refractivity contribution in [3.63, 3.8) is 0 Å². The summed E-state index contributed by atoms with van der Waals surface area (Å²) in [6, 6.07) is 9.58. The average Bonchev–Trinajstić information content (AvgIpc) is 2.74. The van der Waals surface area contributed by atoms with Gasteiger partial charge in [0.2, 0.25) is 5.91 Å². The molecule has 1 amide bonds. The Balaban J connectivity index is 1.85. The van der Waals surface area contributed by atoms with Gasteiger partial charge in [-0.05, 0) is 19.1 Å². The maximum Gasteiger partial charge on any atom is 0.244 e. The number of carbonyl (C=O) groups is 1. The summed E-state index contributed by atoms with van der Waals surface area (Å²) in [5.74, 6) is 0.533. The van der Waals surface area contributed by atoms with Gasteiger partial charge in [0, 0.05) is 11.3 Å². The van der Waals surface area contributed by atoms with Crippen LogP contribution in [0.5, 0.6) is 0 Å². The monoisotopic (exact) mass is 230 g/mol. The van der Waals surface area contributed by atoms with Crippen LogP contribution < -0.4 is 10.6 Å². The summed E-state index contributed by atoms with van der Waals surface area (Å²) < 4.78 is 0. The van der Waals surface area contributed by atoms with E-state index in [1.807, 2.05) is 37.3 Å². The Kier molecular flexibility index (Phi) is 3.40. The van der Waals surface area contributed by atoms with Crippen molar-refractivity contribution in [2.24, 2.45) is 0 Å². The number of hydrogen-bond donors (Lipinski definition) is 3. The van der Waals surface area contributed by atoms with Gasteiger partial charge >= 0.3 is 0 Å². The molecule has 0 atom stereocenters. The molecule has 5 heteroatoms. The lowest BCUT2D eigenvalue weighted by molar-refractivity contribution is -0.114. The molecule has 0 fully saturated rings. The highest BCUT2D eigenvalue weighted by atomic mass is 16.2. The third-order valence-electron chi connectivity index (χ3n) is 2.32. The highest BCUT2D eigenvalue weighted by molar-refractivity contribution is 5.93. The molecule has 1 aromatic heterocycles. The number of H-pyrrole nitrogens is 1. The van der Waals surface area contributed by atoms with Gasteiger partial charge < -0.3 is 10.6 Å². The number of carbonyl (C=O) groups excluding carboxylic acids is 1. The lowest BCUT2D eigenvalue weighted by atomic mass is 10.3. The number of rotatable bonds is 4. The molecule has 0 unspecified atom stereocenters. The molecule has 3 N–H and O–H groups in total. The molecule has 5 nitrogen and oxygen atoms in total. The Labute approximate surface area is 99.2 Å². The van der Waals surface area contributed by atoms with E-state index in [1.165, 1.54) is 0 Å². The lowest BCUT2D eigenvalue weighted by Gasteiger charge is -2.06. The summed E-state index contributed by atoms with van der Waals surface area (Å²) in [5.41, 5.74) is 1.84. The van der Waals surface area contributed by atoms with Crippen LogP contribution in [-0.4, -0.2) is 22.6 Å². The van der Waals surface area contributed by atoms with Crippen molar-refractivity contribution in [1.29, 1.82) is 0 Å². The molecule has 0 aliphatic heterocycles. The molecule has 2 rings (SSSR count). The number of nitrogens with zero attached hydrogens (tertiary/aromatic N) is 1. The van der Waals surface area contributed by atoms with E-state index in [1.54, 1.807) is 6.20 Å². The fourth-order valence-corrected chi connectivity index (χ4v) is 1.39. The van der Waals surface area contributed by atoms with Gasteiger partial charge in [-0.1, -0.05) is 18.2 Å². The van der Waals surface area contributed by atoms with Gasteiger partial charge in [-0.15, -0.1) is 0 Å². The summed E-state index contributed by atoms with van der Waals surface area (Å²) in [7, 11) is 0. The first-order valence-electron chi connectivity index (χ1n) is 5.34. The molecular formula is C12H14N4O. The van der Waals surface area contributed by atoms with E-state index in [0.717, 1.165) is 11.3 Å². The van der Waals surface area contributed by atoms with E-state index in [0.29, 0.717) is 5.82 Å². The van der Waals surface area contributed by atoms with Crippen LogP contribution in [0.3, 0.4) is 0 Å². The Morgan fingerprint density at radius 1 is 1.35 bits per heavy atom. The zero-order valence-electron chi connectivity index (χ0n) is 9.53. The Morgan fingerprint density at radius 2 is 2.12 bits per heavy atom. The molecule has 0 saturated carbocycles. The van der Waals surface area contributed by atoms with Crippen molar-refractivity contribution in [2.75, 3.05) is 17.2 Å². The van der Waals surface area contributed by atoms with Crippen molar-refractivity contribution in [3.8, 4) is 0 Å². The highest BCUT2D eigenvalue weighted by Gasteiger charge is 2.05. The fraction of sp³-hybridized carbons (Fsp3) is 0.167. The number of amides is 1. The lowest BCUT2D eigenvalue weighted by Crippen LogP contribution is -2.22. The maximum atomic E-state index is 11.6. The Morgan fingerprint density at radius 3 is 2.76 bits per heavy atom. The minimum Gasteiger partial charge on any atom is -0.376 e. The number of aromatic amines is 1. The molecule has 1 heterocycles. The SMILES string of the molecule is Cc1cn[nH]c1NC(=O)CNc1ccccc1. The van der Waals surface area contributed by atoms with Crippen molar-refractivity contribution < 1.29 is 4.79 Å². The van der Waals surface area contributed by atoms with E-state index in [-0.39, 0.29) is 12.5 Å². The maximum absolute atomic E-state index is 11.6. The summed E-state index contributed by atoms with van der Waals surface area (Å²) >= 11 is 0. The number of benzene rings is 1. The van der Waals surface area contributed by atoms with Crippen LogP contribution in [0.25, 0.3) is 0 Å². The van der Waals surface area contributed by atoms with Crippen LogP contribution in [0, 0.1) is 6.92 Å². The third kappa shape index (κ3) is 3.07. The predicted molar refractivity (Wildman–Crippen MR) is 66.9 cm³/mol. The fourth-order valence-electron chi connectivity index (χ4n) is 1.39. The summed E-state index contributed by atoms with van der Waals surface area (Å²) in [6.07, 6.45) is 1.67. The molecule has 0 bridgehead atoms. The topological polar surface area (TPSA) is 69.8 Å². The molecular weight excluding hydrogens is 216 g/mol. The van der Waals surface area contributed by atoms with Gasteiger partial charge in [0.05, 0.1) is 12.7 Å². The normalized spacial score (nSPS) is 9.94. The van der Waals surface area contributed by atoms with Crippen molar-refractivity contribution in [3.05, 3.63) is 42.1 Å². The van der Waals surface area contributed by atoms with Crippen LogP contribution in [-0.2, 0) is 4.79 Å². The van der Waals surface area contributed by atoms with E-state index < -0.39 is 0 Å². The van der Waals surface area contributed by atoms with E-state index in [2.05, 4.69) is 20.8 Å². The Hall–Kier alpha value is -2.30. The zero-order chi connectivity index (χ0) is 12.1. The second-order valence-electron chi connectivity index (χ2n) is 3.70. The highest BCUT2D eigenvalue weighted by Crippen LogP contribution is 2.08. The second-order valence-corrected chi connectivity index (χ2v) is 3.70. The third-order valence-corrected chi connectivity index (χ3v) is 2.32. The van der Waals surface area contributed by atoms with Gasteiger partial charge in [0.1, 0.15) is 5.82 Å². The van der Waals surface area contributed by atoms with Crippen LogP contribution in [0.1, 0.15) is 5.56 Å². The smallest absolute Gasteiger partial charge is 0.244 e. The van der Waals surface area contributed by atoms with Crippen molar-refractivity contribution >= 4 is 17.4 Å². The predicted octanol–water partition coefficient (Wildman–Crippen LogP) is 1.77. The largest absolute Gasteiger partial charge is 0.376 e. The quantitative estimate of drug-likeness (QED) is 0.749. The number of anilines is 2. The summed E-state index contributed by atoms with van der Waals surface area (Å²) in [5, 5.41) is 12.3. The zero-order valence-corrected chi connectivity index (χ0v) is 9.53. The van der Waals surface area contributed by atoms with Crippen LogP contribution >= 0.6 is 0 Å². The van der Waals surface area contributed by atoms with Gasteiger partial charge in [-0.25, -0.2) is 0 Å². The molecule has 0 aliphatic rings. The molecule has 2 aromatic rings. The molecule has 0 saturated heterocycles. The molecule has 0 aliphatic carbocycles. The molecule has 0 spiro atoms. The number of aromatic nitrogens is 2. The minimum atomic E-state index is -0.110. The summed E-state index contributed by atoms with van der Waals surface area (Å²) in [6.45, 7) is 2.10. The number of nitrogens with one attached hydrogen (secondary N) is 3. The van der Waals surface area contributed by atoms with Gasteiger partial charge in [0.25, 0.3) is 0 Å². The standard InChI is InChI=1S/C12H14N4O/c1-9-7-14-16-12(9)15-11(17)8-13-10-5-3-2-4-6-10/h2-7,13H,8H2,1H3,(H2,14,15,16,17). The second kappa shape index (κ2) is 5.16. The first-order chi connectivity index (χ1) is 8.25. The molecule has 88 valence electrons. The number of aryl methyl sites for hydroxylation is 1. The van der Waals surface area contributed by atoms with Gasteiger partial charge in [0.15, 0.2) is 0 Å². The summed E-state index contributed by atoms with van der Waals surface area (Å²) in [4.78, 5) is 11.6. The van der Waals surface area contributed by atoms with Gasteiger partial charge in [-0.3, -0.25) is 9.89 Å². The van der Waals surface area contributed by atoms with Crippen molar-refractivity contribution in [1.82, 2.24) is 10.2 Å². The van der Waals surface area contributed by atoms with Gasteiger partial charge in [-0.2, -0.15) is 5.10 Å². The van der Waals surface area contributed by atoms with E-state index >= 15 is 0 Å². The first kappa shape index (κ1) is 11.2. The van der Waals surface area contributed by atoms with Crippen LogP contribution in [0.4, 0.5) is 11.5 Å². The minimum absolute atomic E-state index is 0.110. The van der Waals surface area contributed by atoms with E-state index in [4.69, 9.17) is 0 Å². The number of hydrogen-bond acceptors (Lipinski definition) is 3. The molecule has 17 heavy (non-hydrogen) atoms. The molecule has 0 radical (unpaired) electrons. The Bertz CT molecular complexity index is 492. The molecule has 1 aromatic carbocycles.